The minimum atomic E-state index is -4.51. The van der Waals surface area contributed by atoms with E-state index in [0.717, 1.165) is 12.3 Å². The Kier molecular flexibility index (Phi) is 4.08. The second-order valence-electron chi connectivity index (χ2n) is 5.71. The van der Waals surface area contributed by atoms with Gasteiger partial charge in [0.2, 0.25) is 0 Å². The zero-order valence-electron chi connectivity index (χ0n) is 13.0. The van der Waals surface area contributed by atoms with Crippen LogP contribution in [0, 0.1) is 0 Å². The highest BCUT2D eigenvalue weighted by Crippen LogP contribution is 2.31. The first-order valence-corrected chi connectivity index (χ1v) is 7.23. The van der Waals surface area contributed by atoms with Crippen LogP contribution in [0.4, 0.5) is 13.2 Å². The van der Waals surface area contributed by atoms with Gasteiger partial charge in [-0.05, 0) is 6.07 Å². The fourth-order valence-corrected chi connectivity index (χ4v) is 2.86. The highest BCUT2D eigenvalue weighted by Gasteiger charge is 2.39. The number of amides is 1. The van der Waals surface area contributed by atoms with Gasteiger partial charge in [0.15, 0.2) is 0 Å². The summed E-state index contributed by atoms with van der Waals surface area (Å²) in [6.45, 7) is 0.589. The van der Waals surface area contributed by atoms with Crippen molar-refractivity contribution < 1.29 is 22.7 Å². The van der Waals surface area contributed by atoms with Crippen molar-refractivity contribution in [2.75, 3.05) is 20.2 Å². The maximum atomic E-state index is 12.7. The maximum absolute atomic E-state index is 12.7. The van der Waals surface area contributed by atoms with Crippen LogP contribution in [0.15, 0.2) is 18.5 Å². The minimum absolute atomic E-state index is 0.0306. The first-order chi connectivity index (χ1) is 11.3. The van der Waals surface area contributed by atoms with E-state index < -0.39 is 17.8 Å². The molecule has 1 aliphatic heterocycles. The van der Waals surface area contributed by atoms with E-state index in [1.807, 2.05) is 0 Å². The molecule has 0 aromatic carbocycles. The largest absolute Gasteiger partial charge is 0.431 e. The Bertz CT molecular complexity index is 739. The van der Waals surface area contributed by atoms with E-state index in [9.17, 15) is 18.0 Å². The van der Waals surface area contributed by atoms with Crippen LogP contribution < -0.4 is 0 Å². The molecule has 7 nitrogen and oxygen atoms in total. The molecule has 1 amide bonds. The van der Waals surface area contributed by atoms with Gasteiger partial charge < -0.3 is 14.6 Å². The van der Waals surface area contributed by atoms with Gasteiger partial charge in [0.1, 0.15) is 5.69 Å². The van der Waals surface area contributed by atoms with Crippen molar-refractivity contribution in [1.29, 1.82) is 0 Å². The average Bonchev–Trinajstić information content (AvgIpc) is 3.24. The molecular weight excluding hydrogens is 327 g/mol. The van der Waals surface area contributed by atoms with Gasteiger partial charge in [0.05, 0.1) is 23.3 Å². The number of carbonyl (C=O) groups is 1. The molecule has 3 heterocycles. The van der Waals surface area contributed by atoms with Gasteiger partial charge in [-0.25, -0.2) is 0 Å². The predicted molar refractivity (Wildman–Crippen MR) is 76.2 cm³/mol. The number of methoxy groups -OCH3 is 1. The Hall–Kier alpha value is -2.36. The number of carbonyl (C=O) groups excluding carboxylic acids is 1. The Labute approximate surface area is 135 Å². The Morgan fingerprint density at radius 2 is 2.17 bits per heavy atom. The van der Waals surface area contributed by atoms with E-state index in [1.54, 1.807) is 17.9 Å². The van der Waals surface area contributed by atoms with Crippen molar-refractivity contribution >= 4 is 5.91 Å². The number of halogens is 3. The van der Waals surface area contributed by atoms with Crippen molar-refractivity contribution in [3.8, 4) is 0 Å². The topological polar surface area (TPSA) is 76.0 Å². The van der Waals surface area contributed by atoms with Crippen molar-refractivity contribution in [1.82, 2.24) is 24.9 Å². The van der Waals surface area contributed by atoms with Gasteiger partial charge in [0, 0.05) is 39.6 Å². The fraction of sp³-hybridized carbons (Fsp3) is 0.500. The predicted octanol–water partition coefficient (Wildman–Crippen LogP) is 1.42. The van der Waals surface area contributed by atoms with Gasteiger partial charge in [-0.15, -0.1) is 5.10 Å². The molecule has 0 bridgehead atoms. The standard InChI is InChI=1S/C14H16F3N5O2/c1-21-6-10(19-20-21)9-5-22(7-11(9)24-2)13(23)8-3-12(18-4-8)14(15,16)17/h3-4,6,9,11,18H,5,7H2,1-2H3/t9-,11+/m0/s1. The van der Waals surface area contributed by atoms with Crippen LogP contribution in [-0.4, -0.2) is 57.1 Å². The van der Waals surface area contributed by atoms with E-state index in [1.165, 1.54) is 12.0 Å². The summed E-state index contributed by atoms with van der Waals surface area (Å²) in [4.78, 5) is 16.0. The Morgan fingerprint density at radius 1 is 1.42 bits per heavy atom. The monoisotopic (exact) mass is 343 g/mol. The van der Waals surface area contributed by atoms with Gasteiger partial charge in [-0.1, -0.05) is 5.21 Å². The van der Waals surface area contributed by atoms with Crippen molar-refractivity contribution in [2.45, 2.75) is 18.2 Å². The van der Waals surface area contributed by atoms with Gasteiger partial charge in [-0.2, -0.15) is 13.2 Å². The summed E-state index contributed by atoms with van der Waals surface area (Å²) < 4.78 is 44.9. The third kappa shape index (κ3) is 3.01. The molecular formula is C14H16F3N5O2. The number of aromatic amines is 1. The van der Waals surface area contributed by atoms with Gasteiger partial charge in [-0.3, -0.25) is 9.48 Å². The molecule has 1 saturated heterocycles. The second-order valence-corrected chi connectivity index (χ2v) is 5.71. The molecule has 0 radical (unpaired) electrons. The SMILES string of the molecule is CO[C@@H]1CN(C(=O)c2c[nH]c(C(F)(F)F)c2)C[C@H]1c1cn(C)nn1. The number of aromatic nitrogens is 4. The molecule has 0 unspecified atom stereocenters. The van der Waals surface area contributed by atoms with Crippen molar-refractivity contribution in [3.63, 3.8) is 0 Å². The molecule has 130 valence electrons. The van der Waals surface area contributed by atoms with E-state index >= 15 is 0 Å². The third-order valence-electron chi connectivity index (χ3n) is 4.09. The first-order valence-electron chi connectivity index (χ1n) is 7.23. The summed E-state index contributed by atoms with van der Waals surface area (Å²) in [5.74, 6) is -0.649. The van der Waals surface area contributed by atoms with Crippen LogP contribution in [0.25, 0.3) is 0 Å². The normalized spacial score (nSPS) is 21.5. The van der Waals surface area contributed by atoms with E-state index in [-0.39, 0.29) is 24.1 Å². The zero-order valence-corrected chi connectivity index (χ0v) is 13.0. The lowest BCUT2D eigenvalue weighted by atomic mass is 10.0. The molecule has 1 aliphatic rings. The Balaban J connectivity index is 1.78. The molecule has 24 heavy (non-hydrogen) atoms. The highest BCUT2D eigenvalue weighted by molar-refractivity contribution is 5.94. The summed E-state index contributed by atoms with van der Waals surface area (Å²) >= 11 is 0. The first kappa shape index (κ1) is 16.5. The molecule has 0 spiro atoms. The quantitative estimate of drug-likeness (QED) is 0.914. The number of nitrogens with zero attached hydrogens (tertiary/aromatic N) is 4. The summed E-state index contributed by atoms with van der Waals surface area (Å²) in [5, 5.41) is 7.90. The van der Waals surface area contributed by atoms with E-state index in [4.69, 9.17) is 4.74 Å². The second kappa shape index (κ2) is 5.93. The van der Waals surface area contributed by atoms with E-state index in [0.29, 0.717) is 12.2 Å². The number of nitrogens with one attached hydrogen (secondary N) is 1. The lowest BCUT2D eigenvalue weighted by molar-refractivity contribution is -0.140. The molecule has 0 saturated carbocycles. The van der Waals surface area contributed by atoms with Crippen LogP contribution in [0.2, 0.25) is 0 Å². The Morgan fingerprint density at radius 3 is 2.71 bits per heavy atom. The molecule has 3 rings (SSSR count). The third-order valence-corrected chi connectivity index (χ3v) is 4.09. The number of hydrogen-bond acceptors (Lipinski definition) is 4. The smallest absolute Gasteiger partial charge is 0.379 e. The number of likely N-dealkylation sites (tertiary alicyclic amines) is 1. The van der Waals surface area contributed by atoms with Crippen LogP contribution in [0.5, 0.6) is 0 Å². The molecule has 2 atom stereocenters. The number of alkyl halides is 3. The van der Waals surface area contributed by atoms with Crippen LogP contribution in [0.3, 0.4) is 0 Å². The molecule has 1 N–H and O–H groups in total. The molecule has 10 heteroatoms. The highest BCUT2D eigenvalue weighted by atomic mass is 19.4. The molecule has 1 fully saturated rings. The van der Waals surface area contributed by atoms with Gasteiger partial charge >= 0.3 is 6.18 Å². The van der Waals surface area contributed by atoms with Gasteiger partial charge in [0.25, 0.3) is 5.91 Å². The number of ether oxygens (including phenoxy) is 1. The molecule has 0 aliphatic carbocycles. The zero-order chi connectivity index (χ0) is 17.5. The summed E-state index contributed by atoms with van der Waals surface area (Å²) in [6.07, 6.45) is -1.99. The van der Waals surface area contributed by atoms with E-state index in [2.05, 4.69) is 15.3 Å². The maximum Gasteiger partial charge on any atom is 0.431 e. The average molecular weight is 343 g/mol. The van der Waals surface area contributed by atoms with Crippen LogP contribution in [-0.2, 0) is 18.0 Å². The van der Waals surface area contributed by atoms with Crippen LogP contribution in [0.1, 0.15) is 27.7 Å². The van der Waals surface area contributed by atoms with Crippen molar-refractivity contribution in [2.24, 2.45) is 7.05 Å². The van der Waals surface area contributed by atoms with Crippen LogP contribution >= 0.6 is 0 Å². The summed E-state index contributed by atoms with van der Waals surface area (Å²) in [7, 11) is 3.26. The number of aryl methyl sites for hydroxylation is 1. The molecule has 2 aromatic heterocycles. The fourth-order valence-electron chi connectivity index (χ4n) is 2.86. The minimum Gasteiger partial charge on any atom is -0.379 e. The van der Waals surface area contributed by atoms with Crippen molar-refractivity contribution in [3.05, 3.63) is 35.4 Å². The number of hydrogen-bond donors (Lipinski definition) is 1. The summed E-state index contributed by atoms with van der Waals surface area (Å²) in [5.41, 5.74) is -0.291. The lowest BCUT2D eigenvalue weighted by Gasteiger charge is -2.14. The number of H-pyrrole nitrogens is 1. The number of rotatable bonds is 3. The lowest BCUT2D eigenvalue weighted by Crippen LogP contribution is -2.29. The molecule has 2 aromatic rings. The summed E-state index contributed by atoms with van der Waals surface area (Å²) in [6, 6.07) is 0.819.